The minimum absolute atomic E-state index is 0.0801. The van der Waals surface area contributed by atoms with Crippen LogP contribution < -0.4 is 14.4 Å². The highest BCUT2D eigenvalue weighted by atomic mass is 35.5. The second-order valence-electron chi connectivity index (χ2n) is 7.24. The number of carbonyl (C=O) groups excluding carboxylic acids is 1. The SMILES string of the molecule is COc1ccc(C)cc1N(CC(=O)Nc1cc(C(F)(F)F)ccc1Cl)S(=O)(=O)c1ccccc1. The van der Waals surface area contributed by atoms with Crippen molar-refractivity contribution in [2.45, 2.75) is 18.0 Å². The van der Waals surface area contributed by atoms with Crippen molar-refractivity contribution in [2.75, 3.05) is 23.3 Å². The molecule has 3 aromatic rings. The molecule has 1 amide bonds. The number of halogens is 4. The molecule has 0 saturated carbocycles. The summed E-state index contributed by atoms with van der Waals surface area (Å²) in [6, 6.07) is 14.7. The lowest BCUT2D eigenvalue weighted by Gasteiger charge is -2.26. The summed E-state index contributed by atoms with van der Waals surface area (Å²) in [6.45, 7) is 0.988. The molecule has 0 atom stereocenters. The summed E-state index contributed by atoms with van der Waals surface area (Å²) in [6.07, 6.45) is -4.65. The summed E-state index contributed by atoms with van der Waals surface area (Å²) in [5.74, 6) is -0.709. The molecule has 0 unspecified atom stereocenters. The predicted molar refractivity (Wildman–Crippen MR) is 124 cm³/mol. The van der Waals surface area contributed by atoms with Gasteiger partial charge in [-0.2, -0.15) is 13.2 Å². The number of sulfonamides is 1. The van der Waals surface area contributed by atoms with Crippen LogP contribution in [0.4, 0.5) is 24.5 Å². The number of methoxy groups -OCH3 is 1. The number of nitrogens with zero attached hydrogens (tertiary/aromatic N) is 1. The van der Waals surface area contributed by atoms with Gasteiger partial charge in [0, 0.05) is 0 Å². The highest BCUT2D eigenvalue weighted by Gasteiger charge is 2.32. The summed E-state index contributed by atoms with van der Waals surface area (Å²) in [7, 11) is -2.90. The highest BCUT2D eigenvalue weighted by molar-refractivity contribution is 7.92. The fourth-order valence-electron chi connectivity index (χ4n) is 3.13. The number of nitrogens with one attached hydrogen (secondary N) is 1. The second-order valence-corrected chi connectivity index (χ2v) is 9.51. The maximum absolute atomic E-state index is 13.5. The fourth-order valence-corrected chi connectivity index (χ4v) is 4.74. The standard InChI is InChI=1S/C23H20ClF3N2O4S/c1-15-8-11-21(33-2)20(12-15)29(34(31,32)17-6-4-3-5-7-17)14-22(30)28-19-13-16(23(25,26)27)9-10-18(19)24/h3-13H,14H2,1-2H3,(H,28,30). The van der Waals surface area contributed by atoms with Crippen LogP contribution in [0.1, 0.15) is 11.1 Å². The molecule has 3 aromatic carbocycles. The van der Waals surface area contributed by atoms with Crippen LogP contribution in [0.15, 0.2) is 71.6 Å². The Morgan fingerprint density at radius 3 is 2.35 bits per heavy atom. The van der Waals surface area contributed by atoms with Crippen LogP contribution in [0.3, 0.4) is 0 Å². The van der Waals surface area contributed by atoms with Gasteiger partial charge in [0.15, 0.2) is 0 Å². The number of anilines is 2. The van der Waals surface area contributed by atoms with Gasteiger partial charge >= 0.3 is 6.18 Å². The zero-order valence-corrected chi connectivity index (χ0v) is 19.6. The van der Waals surface area contributed by atoms with Crippen LogP contribution in [0.2, 0.25) is 5.02 Å². The first-order chi connectivity index (χ1) is 15.9. The van der Waals surface area contributed by atoms with Crippen LogP contribution in [0, 0.1) is 6.92 Å². The maximum atomic E-state index is 13.5. The van der Waals surface area contributed by atoms with Crippen molar-refractivity contribution < 1.29 is 31.1 Å². The third kappa shape index (κ3) is 5.63. The van der Waals surface area contributed by atoms with E-state index in [1.807, 2.05) is 0 Å². The quantitative estimate of drug-likeness (QED) is 0.453. The molecule has 0 saturated heterocycles. The van der Waals surface area contributed by atoms with Gasteiger partial charge < -0.3 is 10.1 Å². The van der Waals surface area contributed by atoms with Gasteiger partial charge in [-0.3, -0.25) is 9.10 Å². The van der Waals surface area contributed by atoms with Gasteiger partial charge in [-0.15, -0.1) is 0 Å². The smallest absolute Gasteiger partial charge is 0.416 e. The van der Waals surface area contributed by atoms with Crippen molar-refractivity contribution in [3.05, 3.63) is 82.9 Å². The number of carbonyl (C=O) groups is 1. The Kier molecular flexibility index (Phi) is 7.42. The molecule has 0 radical (unpaired) electrons. The molecule has 0 heterocycles. The van der Waals surface area contributed by atoms with Gasteiger partial charge in [0.05, 0.1) is 34.0 Å². The molecule has 0 aromatic heterocycles. The Bertz CT molecular complexity index is 1300. The highest BCUT2D eigenvalue weighted by Crippen LogP contribution is 2.35. The molecule has 34 heavy (non-hydrogen) atoms. The molecule has 0 aliphatic carbocycles. The minimum Gasteiger partial charge on any atom is -0.495 e. The van der Waals surface area contributed by atoms with Crippen LogP contribution in [-0.4, -0.2) is 28.0 Å². The average Bonchev–Trinajstić information content (AvgIpc) is 2.78. The third-order valence-electron chi connectivity index (χ3n) is 4.79. The van der Waals surface area contributed by atoms with Crippen LogP contribution >= 0.6 is 11.6 Å². The summed E-state index contributed by atoms with van der Waals surface area (Å²) in [5, 5.41) is 2.15. The number of amides is 1. The van der Waals surface area contributed by atoms with Gasteiger partial charge in [0.25, 0.3) is 10.0 Å². The molecule has 0 spiro atoms. The van der Waals surface area contributed by atoms with Crippen molar-refractivity contribution in [3.8, 4) is 5.75 Å². The largest absolute Gasteiger partial charge is 0.495 e. The molecule has 11 heteroatoms. The Hall–Kier alpha value is -3.24. The third-order valence-corrected chi connectivity index (χ3v) is 6.89. The lowest BCUT2D eigenvalue weighted by molar-refractivity contribution is -0.137. The number of aryl methyl sites for hydroxylation is 1. The Balaban J connectivity index is 2.02. The van der Waals surface area contributed by atoms with Crippen molar-refractivity contribution >= 4 is 38.9 Å². The van der Waals surface area contributed by atoms with E-state index in [9.17, 15) is 26.4 Å². The molecule has 3 rings (SSSR count). The lowest BCUT2D eigenvalue weighted by atomic mass is 10.2. The van der Waals surface area contributed by atoms with E-state index in [0.29, 0.717) is 11.6 Å². The first kappa shape index (κ1) is 25.4. The van der Waals surface area contributed by atoms with Crippen LogP contribution in [-0.2, 0) is 21.0 Å². The molecule has 0 bridgehead atoms. The van der Waals surface area contributed by atoms with E-state index in [-0.39, 0.29) is 27.0 Å². The number of benzene rings is 3. The number of rotatable bonds is 7. The minimum atomic E-state index is -4.65. The van der Waals surface area contributed by atoms with Crippen molar-refractivity contribution in [2.24, 2.45) is 0 Å². The first-order valence-corrected chi connectivity index (χ1v) is 11.6. The molecule has 0 aliphatic rings. The molecule has 6 nitrogen and oxygen atoms in total. The van der Waals surface area contributed by atoms with E-state index in [2.05, 4.69) is 5.32 Å². The zero-order valence-electron chi connectivity index (χ0n) is 18.1. The number of hydrogen-bond acceptors (Lipinski definition) is 4. The van der Waals surface area contributed by atoms with Crippen LogP contribution in [0.5, 0.6) is 5.75 Å². The van der Waals surface area contributed by atoms with Gasteiger partial charge in [-0.1, -0.05) is 35.9 Å². The molecule has 1 N–H and O–H groups in total. The van der Waals surface area contributed by atoms with Crippen molar-refractivity contribution in [1.82, 2.24) is 0 Å². The average molecular weight is 513 g/mol. The maximum Gasteiger partial charge on any atom is 0.416 e. The molecule has 0 fully saturated rings. The van der Waals surface area contributed by atoms with E-state index in [0.717, 1.165) is 16.4 Å². The summed E-state index contributed by atoms with van der Waals surface area (Å²) in [5.41, 5.74) is -0.516. The Morgan fingerprint density at radius 2 is 1.74 bits per heavy atom. The van der Waals surface area contributed by atoms with Gasteiger partial charge in [-0.05, 0) is 55.0 Å². The van der Waals surface area contributed by atoms with Gasteiger partial charge in [0.1, 0.15) is 12.3 Å². The van der Waals surface area contributed by atoms with E-state index in [4.69, 9.17) is 16.3 Å². The summed E-state index contributed by atoms with van der Waals surface area (Å²) >= 11 is 5.96. The molecular weight excluding hydrogens is 493 g/mol. The monoisotopic (exact) mass is 512 g/mol. The molecular formula is C23H20ClF3N2O4S. The number of alkyl halides is 3. The predicted octanol–water partition coefficient (Wildman–Crippen LogP) is 5.51. The van der Waals surface area contributed by atoms with Crippen LogP contribution in [0.25, 0.3) is 0 Å². The van der Waals surface area contributed by atoms with E-state index in [1.54, 1.807) is 25.1 Å². The Labute approximate surface area is 200 Å². The normalized spacial score (nSPS) is 11.7. The lowest BCUT2D eigenvalue weighted by Crippen LogP contribution is -2.38. The summed E-state index contributed by atoms with van der Waals surface area (Å²) in [4.78, 5) is 12.8. The fraction of sp³-hybridized carbons (Fsp3) is 0.174. The summed E-state index contributed by atoms with van der Waals surface area (Å²) < 4.78 is 72.3. The van der Waals surface area contributed by atoms with Gasteiger partial charge in [0.2, 0.25) is 5.91 Å². The van der Waals surface area contributed by atoms with E-state index in [1.165, 1.54) is 37.4 Å². The van der Waals surface area contributed by atoms with Crippen molar-refractivity contribution in [3.63, 3.8) is 0 Å². The first-order valence-electron chi connectivity index (χ1n) is 9.82. The van der Waals surface area contributed by atoms with Crippen molar-refractivity contribution in [1.29, 1.82) is 0 Å². The zero-order chi connectivity index (χ0) is 25.1. The topological polar surface area (TPSA) is 75.7 Å². The number of ether oxygens (including phenoxy) is 1. The molecule has 180 valence electrons. The molecule has 0 aliphatic heterocycles. The van der Waals surface area contributed by atoms with Gasteiger partial charge in [-0.25, -0.2) is 8.42 Å². The van der Waals surface area contributed by atoms with E-state index >= 15 is 0 Å². The number of hydrogen-bond donors (Lipinski definition) is 1. The van der Waals surface area contributed by atoms with E-state index < -0.39 is 34.2 Å². The Morgan fingerprint density at radius 1 is 1.06 bits per heavy atom. The second kappa shape index (κ2) is 9.94.